The van der Waals surface area contributed by atoms with Crippen LogP contribution in [0.3, 0.4) is 0 Å². The molecule has 0 spiro atoms. The number of methoxy groups -OCH3 is 1. The topological polar surface area (TPSA) is 51.7 Å². The number of hydrogen-bond donors (Lipinski definition) is 0. The van der Waals surface area contributed by atoms with Crippen molar-refractivity contribution in [3.8, 4) is 11.5 Å². The van der Waals surface area contributed by atoms with Gasteiger partial charge in [0, 0.05) is 35.2 Å². The van der Waals surface area contributed by atoms with Gasteiger partial charge in [0.15, 0.2) is 0 Å². The monoisotopic (exact) mass is 448 g/mol. The zero-order valence-electron chi connectivity index (χ0n) is 16.6. The van der Waals surface area contributed by atoms with Gasteiger partial charge in [-0.25, -0.2) is 4.37 Å². The largest absolute Gasteiger partial charge is 0.497 e. The third-order valence-electron chi connectivity index (χ3n) is 5.16. The number of benzene rings is 2. The second kappa shape index (κ2) is 8.58. The number of halogens is 3. The van der Waals surface area contributed by atoms with E-state index in [1.807, 2.05) is 0 Å². The van der Waals surface area contributed by atoms with Crippen molar-refractivity contribution >= 4 is 17.4 Å². The third kappa shape index (κ3) is 4.51. The second-order valence-corrected chi connectivity index (χ2v) is 7.92. The summed E-state index contributed by atoms with van der Waals surface area (Å²) < 4.78 is 54.6. The molecule has 162 valence electrons. The Morgan fingerprint density at radius 2 is 1.94 bits per heavy atom. The summed E-state index contributed by atoms with van der Waals surface area (Å²) in [5.74, 6) is 0.824. The van der Waals surface area contributed by atoms with Gasteiger partial charge in [0.2, 0.25) is 0 Å². The van der Waals surface area contributed by atoms with E-state index in [4.69, 9.17) is 9.47 Å². The van der Waals surface area contributed by atoms with Crippen LogP contribution >= 0.6 is 11.5 Å². The van der Waals surface area contributed by atoms with Crippen molar-refractivity contribution < 1.29 is 27.4 Å². The number of alkyl halides is 3. The molecule has 1 unspecified atom stereocenters. The van der Waals surface area contributed by atoms with E-state index < -0.39 is 23.7 Å². The van der Waals surface area contributed by atoms with Crippen molar-refractivity contribution in [3.63, 3.8) is 0 Å². The van der Waals surface area contributed by atoms with Crippen LogP contribution in [-0.4, -0.2) is 35.4 Å². The first-order valence-corrected chi connectivity index (χ1v) is 10.3. The van der Waals surface area contributed by atoms with Gasteiger partial charge in [0.05, 0.1) is 18.7 Å². The maximum absolute atomic E-state index is 13.2. The number of hydrogen-bond acceptors (Lipinski definition) is 5. The van der Waals surface area contributed by atoms with Gasteiger partial charge in [0.25, 0.3) is 5.91 Å². The Hall–Kier alpha value is -3.07. The van der Waals surface area contributed by atoms with E-state index in [0.717, 1.165) is 22.6 Å². The zero-order valence-corrected chi connectivity index (χ0v) is 17.4. The minimum Gasteiger partial charge on any atom is -0.497 e. The van der Waals surface area contributed by atoms with Crippen LogP contribution in [0.25, 0.3) is 0 Å². The quantitative estimate of drug-likeness (QED) is 0.552. The second-order valence-electron chi connectivity index (χ2n) is 7.03. The van der Waals surface area contributed by atoms with Crippen molar-refractivity contribution in [1.82, 2.24) is 9.27 Å². The Morgan fingerprint density at radius 1 is 1.19 bits per heavy atom. The van der Waals surface area contributed by atoms with E-state index in [1.54, 1.807) is 42.5 Å². The third-order valence-corrected chi connectivity index (χ3v) is 6.03. The summed E-state index contributed by atoms with van der Waals surface area (Å²) in [4.78, 5) is 15.8. The van der Waals surface area contributed by atoms with Gasteiger partial charge in [-0.15, -0.1) is 0 Å². The first-order valence-electron chi connectivity index (χ1n) is 9.55. The van der Waals surface area contributed by atoms with Crippen molar-refractivity contribution in [2.24, 2.45) is 0 Å². The predicted molar refractivity (Wildman–Crippen MR) is 110 cm³/mol. The van der Waals surface area contributed by atoms with Crippen LogP contribution in [0, 0.1) is 0 Å². The average molecular weight is 448 g/mol. The molecule has 0 N–H and O–H groups in total. The molecule has 2 heterocycles. The van der Waals surface area contributed by atoms with E-state index in [0.29, 0.717) is 24.5 Å². The molecule has 0 bridgehead atoms. The Kier molecular flexibility index (Phi) is 5.86. The number of fused-ring (bicyclic) bond motifs is 1. The van der Waals surface area contributed by atoms with Crippen molar-refractivity contribution in [2.75, 3.05) is 20.3 Å². The molecule has 0 saturated heterocycles. The normalized spacial score (nSPS) is 16.0. The number of aromatic nitrogens is 1. The lowest BCUT2D eigenvalue weighted by Gasteiger charge is -2.35. The predicted octanol–water partition coefficient (Wildman–Crippen LogP) is 4.99. The number of carbonyl (C=O) groups excluding carboxylic acids is 1. The van der Waals surface area contributed by atoms with Crippen LogP contribution in [0.5, 0.6) is 11.5 Å². The number of amides is 1. The van der Waals surface area contributed by atoms with Gasteiger partial charge < -0.3 is 14.4 Å². The first kappa shape index (κ1) is 21.2. The number of ether oxygens (including phenoxy) is 2. The Morgan fingerprint density at radius 3 is 2.65 bits per heavy atom. The van der Waals surface area contributed by atoms with Gasteiger partial charge in [-0.05, 0) is 54.0 Å². The van der Waals surface area contributed by atoms with E-state index in [2.05, 4.69) is 4.37 Å². The fraction of sp³-hybridized carbons (Fsp3) is 0.273. The number of rotatable bonds is 5. The molecule has 5 nitrogen and oxygen atoms in total. The molecule has 0 radical (unpaired) electrons. The molecular formula is C22H19F3N2O3S. The van der Waals surface area contributed by atoms with Crippen LogP contribution in [0.15, 0.2) is 54.7 Å². The Labute approximate surface area is 181 Å². The molecule has 1 aromatic heterocycles. The summed E-state index contributed by atoms with van der Waals surface area (Å²) in [6, 6.07) is 11.1. The minimum absolute atomic E-state index is 0.00379. The summed E-state index contributed by atoms with van der Waals surface area (Å²) in [7, 11) is 1.57. The van der Waals surface area contributed by atoms with Crippen LogP contribution in [0.4, 0.5) is 13.2 Å². The summed E-state index contributed by atoms with van der Waals surface area (Å²) in [5, 5.41) is 0. The first-order chi connectivity index (χ1) is 14.9. The number of carbonyl (C=O) groups is 1. The lowest BCUT2D eigenvalue weighted by molar-refractivity contribution is -0.137. The highest BCUT2D eigenvalue weighted by molar-refractivity contribution is 7.05. The SMILES string of the molecule is COc1ccc(OCC2c3cnsc3CCN2C(=O)c2cccc(C(F)(F)F)c2)cc1. The fourth-order valence-corrected chi connectivity index (χ4v) is 4.31. The van der Waals surface area contributed by atoms with Gasteiger partial charge >= 0.3 is 6.18 Å². The maximum atomic E-state index is 13.2. The fourth-order valence-electron chi connectivity index (χ4n) is 3.54. The highest BCUT2D eigenvalue weighted by Crippen LogP contribution is 2.35. The molecule has 0 saturated carbocycles. The lowest BCUT2D eigenvalue weighted by Crippen LogP contribution is -2.42. The lowest BCUT2D eigenvalue weighted by atomic mass is 9.99. The summed E-state index contributed by atoms with van der Waals surface area (Å²) in [6.07, 6.45) is -2.21. The van der Waals surface area contributed by atoms with Gasteiger partial charge in [0.1, 0.15) is 18.1 Å². The van der Waals surface area contributed by atoms with Crippen molar-refractivity contribution in [3.05, 3.63) is 76.3 Å². The van der Waals surface area contributed by atoms with Gasteiger partial charge in [-0.2, -0.15) is 13.2 Å². The molecular weight excluding hydrogens is 429 g/mol. The van der Waals surface area contributed by atoms with E-state index in [1.165, 1.54) is 23.7 Å². The zero-order chi connectivity index (χ0) is 22.0. The highest BCUT2D eigenvalue weighted by Gasteiger charge is 2.35. The molecule has 1 amide bonds. The maximum Gasteiger partial charge on any atom is 0.416 e. The Balaban J connectivity index is 1.59. The minimum atomic E-state index is -4.51. The molecule has 1 atom stereocenters. The molecule has 9 heteroatoms. The molecule has 4 rings (SSSR count). The molecule has 1 aliphatic heterocycles. The average Bonchev–Trinajstić information content (AvgIpc) is 3.26. The summed E-state index contributed by atoms with van der Waals surface area (Å²) in [6.45, 7) is 0.531. The van der Waals surface area contributed by atoms with Crippen molar-refractivity contribution in [1.29, 1.82) is 0 Å². The molecule has 31 heavy (non-hydrogen) atoms. The molecule has 2 aromatic carbocycles. The molecule has 1 aliphatic rings. The van der Waals surface area contributed by atoms with Gasteiger partial charge in [-0.1, -0.05) is 6.07 Å². The van der Waals surface area contributed by atoms with Gasteiger partial charge in [-0.3, -0.25) is 4.79 Å². The summed E-state index contributed by atoms with van der Waals surface area (Å²) >= 11 is 1.36. The van der Waals surface area contributed by atoms with Crippen LogP contribution in [0.1, 0.15) is 32.4 Å². The molecule has 3 aromatic rings. The van der Waals surface area contributed by atoms with Crippen LogP contribution in [0.2, 0.25) is 0 Å². The molecule has 0 aliphatic carbocycles. The van der Waals surface area contributed by atoms with Crippen LogP contribution < -0.4 is 9.47 Å². The highest BCUT2D eigenvalue weighted by atomic mass is 32.1. The number of nitrogens with zero attached hydrogens (tertiary/aromatic N) is 2. The van der Waals surface area contributed by atoms with Crippen molar-refractivity contribution in [2.45, 2.75) is 18.6 Å². The Bertz CT molecular complexity index is 1070. The van der Waals surface area contributed by atoms with E-state index in [-0.39, 0.29) is 12.2 Å². The van der Waals surface area contributed by atoms with E-state index in [9.17, 15) is 18.0 Å². The smallest absolute Gasteiger partial charge is 0.416 e. The van der Waals surface area contributed by atoms with E-state index >= 15 is 0 Å². The standard InChI is InChI=1S/C22H19F3N2O3S/c1-29-16-5-7-17(8-6-16)30-13-19-18-12-26-31-20(18)9-10-27(19)21(28)14-3-2-4-15(11-14)22(23,24)25/h2-8,11-12,19H,9-10,13H2,1H3. The molecule has 0 fully saturated rings. The summed E-state index contributed by atoms with van der Waals surface area (Å²) in [5.41, 5.74) is 0.0141. The van der Waals surface area contributed by atoms with Crippen LogP contribution in [-0.2, 0) is 12.6 Å².